The maximum Gasteiger partial charge on any atom is 0.341 e. The number of furan rings is 1. The Morgan fingerprint density at radius 2 is 1.69 bits per heavy atom. The number of nitro groups is 1. The molecule has 2 rings (SSSR count). The number of non-ortho nitro benzene ring substituents is 1. The Kier molecular flexibility index (Phi) is 5.06. The van der Waals surface area contributed by atoms with Gasteiger partial charge in [-0.15, -0.1) is 0 Å². The molecule has 10 heteroatoms. The third-order valence-electron chi connectivity index (χ3n) is 3.58. The number of carbonyl (C=O) groups is 3. The zero-order chi connectivity index (χ0) is 19.5. The fourth-order valence-electron chi connectivity index (χ4n) is 2.33. The van der Waals surface area contributed by atoms with Crippen LogP contribution < -0.4 is 5.32 Å². The molecular formula is C16H14N2O8. The molecule has 136 valence electrons. The van der Waals surface area contributed by atoms with Crippen molar-refractivity contribution in [2.75, 3.05) is 0 Å². The first-order valence-corrected chi connectivity index (χ1v) is 7.25. The molecule has 0 aliphatic heterocycles. The molecule has 0 spiro atoms. The quantitative estimate of drug-likeness (QED) is 0.379. The third kappa shape index (κ3) is 3.69. The fraction of sp³-hybridized carbons (Fsp3) is 0.188. The number of carboxylic acids is 2. The van der Waals surface area contributed by atoms with Gasteiger partial charge in [-0.2, -0.15) is 0 Å². The lowest BCUT2D eigenvalue weighted by Gasteiger charge is -2.24. The van der Waals surface area contributed by atoms with Gasteiger partial charge in [0.2, 0.25) is 11.4 Å². The molecule has 3 N–H and O–H groups in total. The first-order chi connectivity index (χ1) is 12.2. The SMILES string of the molecule is CC(=O)NC(Cc1ccc(-c2ccc([N+](=O)[O-])cc2)o1)(C(=O)O)C(=O)O. The van der Waals surface area contributed by atoms with Gasteiger partial charge in [0.1, 0.15) is 11.5 Å². The van der Waals surface area contributed by atoms with Crippen LogP contribution in [0.1, 0.15) is 12.7 Å². The first kappa shape index (κ1) is 18.6. The molecule has 0 bridgehead atoms. The van der Waals surface area contributed by atoms with Crippen molar-refractivity contribution in [2.24, 2.45) is 0 Å². The highest BCUT2D eigenvalue weighted by molar-refractivity contribution is 6.06. The van der Waals surface area contributed by atoms with Crippen LogP contribution in [-0.2, 0) is 20.8 Å². The molecule has 1 amide bonds. The number of nitro benzene ring substituents is 1. The van der Waals surface area contributed by atoms with E-state index in [1.54, 1.807) is 0 Å². The number of benzene rings is 1. The van der Waals surface area contributed by atoms with Gasteiger partial charge in [0.05, 0.1) is 11.3 Å². The topological polar surface area (TPSA) is 160 Å². The van der Waals surface area contributed by atoms with Crippen molar-refractivity contribution in [3.63, 3.8) is 0 Å². The molecule has 2 aromatic rings. The van der Waals surface area contributed by atoms with E-state index in [1.165, 1.54) is 36.4 Å². The predicted octanol–water partition coefficient (Wildman–Crippen LogP) is 1.44. The van der Waals surface area contributed by atoms with Gasteiger partial charge in [0.25, 0.3) is 5.69 Å². The Bertz CT molecular complexity index is 855. The van der Waals surface area contributed by atoms with Crippen molar-refractivity contribution in [3.8, 4) is 11.3 Å². The molecule has 26 heavy (non-hydrogen) atoms. The number of aliphatic carboxylic acids is 2. The van der Waals surface area contributed by atoms with Crippen LogP contribution in [0.25, 0.3) is 11.3 Å². The molecule has 10 nitrogen and oxygen atoms in total. The van der Waals surface area contributed by atoms with Crippen molar-refractivity contribution in [2.45, 2.75) is 18.9 Å². The molecule has 0 radical (unpaired) electrons. The van der Waals surface area contributed by atoms with Gasteiger partial charge >= 0.3 is 11.9 Å². The minimum atomic E-state index is -2.57. The summed E-state index contributed by atoms with van der Waals surface area (Å²) in [5.41, 5.74) is -2.20. The molecule has 1 heterocycles. The number of rotatable bonds is 7. The Labute approximate surface area is 146 Å². The van der Waals surface area contributed by atoms with Crippen LogP contribution in [0.15, 0.2) is 40.8 Å². The van der Waals surface area contributed by atoms with Gasteiger partial charge in [-0.3, -0.25) is 14.9 Å². The summed E-state index contributed by atoms with van der Waals surface area (Å²) in [4.78, 5) is 44.3. The molecule has 0 aliphatic carbocycles. The van der Waals surface area contributed by atoms with Crippen LogP contribution >= 0.6 is 0 Å². The summed E-state index contributed by atoms with van der Waals surface area (Å²) in [7, 11) is 0. The summed E-state index contributed by atoms with van der Waals surface area (Å²) >= 11 is 0. The monoisotopic (exact) mass is 362 g/mol. The average Bonchev–Trinajstić information content (AvgIpc) is 3.01. The van der Waals surface area contributed by atoms with Crippen LogP contribution in [0.3, 0.4) is 0 Å². The van der Waals surface area contributed by atoms with Gasteiger partial charge in [0, 0.05) is 24.6 Å². The summed E-state index contributed by atoms with van der Waals surface area (Å²) in [5, 5.41) is 31.2. The second kappa shape index (κ2) is 7.05. The van der Waals surface area contributed by atoms with E-state index in [4.69, 9.17) is 4.42 Å². The maximum absolute atomic E-state index is 11.5. The molecule has 0 atom stereocenters. The zero-order valence-corrected chi connectivity index (χ0v) is 13.5. The first-order valence-electron chi connectivity index (χ1n) is 7.25. The molecule has 1 aromatic heterocycles. The van der Waals surface area contributed by atoms with Crippen molar-refractivity contribution >= 4 is 23.5 Å². The summed E-state index contributed by atoms with van der Waals surface area (Å²) in [5.74, 6) is -4.03. The second-order valence-corrected chi connectivity index (χ2v) is 5.44. The summed E-state index contributed by atoms with van der Waals surface area (Å²) in [6.07, 6.45) is -0.621. The third-order valence-corrected chi connectivity index (χ3v) is 3.58. The minimum absolute atomic E-state index is 0.0110. The summed E-state index contributed by atoms with van der Waals surface area (Å²) in [6, 6.07) is 8.27. The van der Waals surface area contributed by atoms with Crippen LogP contribution in [0.4, 0.5) is 5.69 Å². The molecule has 0 saturated heterocycles. The Morgan fingerprint density at radius 3 is 2.15 bits per heavy atom. The number of carbonyl (C=O) groups excluding carboxylic acids is 1. The number of hydrogen-bond acceptors (Lipinski definition) is 6. The van der Waals surface area contributed by atoms with Crippen molar-refractivity contribution in [3.05, 3.63) is 52.3 Å². The van der Waals surface area contributed by atoms with Crippen LogP contribution in [-0.4, -0.2) is 38.5 Å². The van der Waals surface area contributed by atoms with E-state index in [-0.39, 0.29) is 17.2 Å². The van der Waals surface area contributed by atoms with Gasteiger partial charge in [0.15, 0.2) is 0 Å². The Morgan fingerprint density at radius 1 is 1.12 bits per heavy atom. The van der Waals surface area contributed by atoms with E-state index in [0.717, 1.165) is 6.92 Å². The lowest BCUT2D eigenvalue weighted by molar-refractivity contribution is -0.384. The average molecular weight is 362 g/mol. The van der Waals surface area contributed by atoms with Gasteiger partial charge in [-0.1, -0.05) is 0 Å². The van der Waals surface area contributed by atoms with E-state index in [1.807, 2.05) is 5.32 Å². The van der Waals surface area contributed by atoms with E-state index < -0.39 is 34.7 Å². The van der Waals surface area contributed by atoms with Crippen molar-refractivity contribution in [1.82, 2.24) is 5.32 Å². The second-order valence-electron chi connectivity index (χ2n) is 5.44. The van der Waals surface area contributed by atoms with Gasteiger partial charge in [-0.05, 0) is 24.3 Å². The molecule has 0 aliphatic rings. The molecule has 0 unspecified atom stereocenters. The Balaban J connectivity index is 2.32. The zero-order valence-electron chi connectivity index (χ0n) is 13.5. The lowest BCUT2D eigenvalue weighted by atomic mass is 9.94. The normalized spacial score (nSPS) is 11.0. The van der Waals surface area contributed by atoms with E-state index in [9.17, 15) is 34.7 Å². The number of nitrogens with one attached hydrogen (secondary N) is 1. The molecule has 0 saturated carbocycles. The van der Waals surface area contributed by atoms with Crippen LogP contribution in [0, 0.1) is 10.1 Å². The van der Waals surface area contributed by atoms with E-state index in [0.29, 0.717) is 5.56 Å². The summed E-state index contributed by atoms with van der Waals surface area (Å²) < 4.78 is 5.46. The smallest absolute Gasteiger partial charge is 0.341 e. The van der Waals surface area contributed by atoms with Crippen molar-refractivity contribution in [1.29, 1.82) is 0 Å². The standard InChI is InChI=1S/C16H14N2O8/c1-9(19)17-16(14(20)21,15(22)23)8-12-6-7-13(26-12)10-2-4-11(5-3-10)18(24)25/h2-7H,8H2,1H3,(H,17,19)(H,20,21)(H,22,23). The number of nitrogens with zero attached hydrogens (tertiary/aromatic N) is 1. The van der Waals surface area contributed by atoms with Crippen molar-refractivity contribution < 1.29 is 33.9 Å². The highest BCUT2D eigenvalue weighted by atomic mass is 16.6. The van der Waals surface area contributed by atoms with Gasteiger partial charge in [-0.25, -0.2) is 9.59 Å². The molecule has 1 aromatic carbocycles. The number of carboxylic acid groups (broad SMARTS) is 2. The number of hydrogen-bond donors (Lipinski definition) is 3. The van der Waals surface area contributed by atoms with Gasteiger partial charge < -0.3 is 19.9 Å². The number of amides is 1. The van der Waals surface area contributed by atoms with Crippen LogP contribution in [0.5, 0.6) is 0 Å². The maximum atomic E-state index is 11.5. The lowest BCUT2D eigenvalue weighted by Crippen LogP contribution is -2.61. The minimum Gasteiger partial charge on any atom is -0.479 e. The van der Waals surface area contributed by atoms with Crippen LogP contribution in [0.2, 0.25) is 0 Å². The highest BCUT2D eigenvalue weighted by Gasteiger charge is 2.48. The molecular weight excluding hydrogens is 348 g/mol. The largest absolute Gasteiger partial charge is 0.479 e. The molecule has 0 fully saturated rings. The highest BCUT2D eigenvalue weighted by Crippen LogP contribution is 2.26. The van der Waals surface area contributed by atoms with E-state index in [2.05, 4.69) is 0 Å². The fourth-order valence-corrected chi connectivity index (χ4v) is 2.33. The Hall–Kier alpha value is -3.69. The van der Waals surface area contributed by atoms with E-state index >= 15 is 0 Å². The summed E-state index contributed by atoms with van der Waals surface area (Å²) in [6.45, 7) is 1.01. The predicted molar refractivity (Wildman–Crippen MR) is 86.3 cm³/mol.